The van der Waals surface area contributed by atoms with Gasteiger partial charge >= 0.3 is 0 Å². The number of halogens is 1. The van der Waals surface area contributed by atoms with Gasteiger partial charge in [-0.1, -0.05) is 12.1 Å². The van der Waals surface area contributed by atoms with Crippen molar-refractivity contribution in [2.24, 2.45) is 0 Å². The van der Waals surface area contributed by atoms with Gasteiger partial charge in [0.25, 0.3) is 0 Å². The first kappa shape index (κ1) is 15.0. The van der Waals surface area contributed by atoms with Gasteiger partial charge in [-0.2, -0.15) is 0 Å². The van der Waals surface area contributed by atoms with Crippen LogP contribution in [0.5, 0.6) is 0 Å². The SMILES string of the molecule is Cc1nc(Sc2c(F)cccc2CNC(C)(C)C)n[nH]1. The molecule has 108 valence electrons. The highest BCUT2D eigenvalue weighted by molar-refractivity contribution is 7.99. The van der Waals surface area contributed by atoms with Gasteiger partial charge in [0.05, 0.1) is 4.90 Å². The van der Waals surface area contributed by atoms with E-state index < -0.39 is 0 Å². The van der Waals surface area contributed by atoms with Crippen LogP contribution in [0.1, 0.15) is 32.2 Å². The summed E-state index contributed by atoms with van der Waals surface area (Å²) in [6, 6.07) is 5.11. The molecule has 2 N–H and O–H groups in total. The van der Waals surface area contributed by atoms with E-state index >= 15 is 0 Å². The topological polar surface area (TPSA) is 53.6 Å². The van der Waals surface area contributed by atoms with Crippen molar-refractivity contribution in [3.8, 4) is 0 Å². The molecule has 0 amide bonds. The number of rotatable bonds is 4. The van der Waals surface area contributed by atoms with Gasteiger partial charge in [0.15, 0.2) is 0 Å². The van der Waals surface area contributed by atoms with Gasteiger partial charge in [-0.15, -0.1) is 5.10 Å². The maximum Gasteiger partial charge on any atom is 0.213 e. The summed E-state index contributed by atoms with van der Waals surface area (Å²) >= 11 is 1.24. The lowest BCUT2D eigenvalue weighted by Gasteiger charge is -2.21. The summed E-state index contributed by atoms with van der Waals surface area (Å²) in [6.45, 7) is 8.67. The second-order valence-electron chi connectivity index (χ2n) is 5.64. The Morgan fingerprint density at radius 2 is 2.10 bits per heavy atom. The van der Waals surface area contributed by atoms with E-state index in [1.54, 1.807) is 6.07 Å². The van der Waals surface area contributed by atoms with Crippen LogP contribution < -0.4 is 5.32 Å². The Kier molecular flexibility index (Phi) is 4.45. The normalized spacial score (nSPS) is 11.8. The van der Waals surface area contributed by atoms with Crippen molar-refractivity contribution in [2.45, 2.75) is 49.8 Å². The summed E-state index contributed by atoms with van der Waals surface area (Å²) in [4.78, 5) is 4.78. The van der Waals surface area contributed by atoms with E-state index in [1.807, 2.05) is 13.0 Å². The fourth-order valence-corrected chi connectivity index (χ4v) is 2.52. The third-order valence-electron chi connectivity index (χ3n) is 2.63. The Hall–Kier alpha value is -1.40. The van der Waals surface area contributed by atoms with Crippen LogP contribution >= 0.6 is 11.8 Å². The average Bonchev–Trinajstić information content (AvgIpc) is 2.75. The van der Waals surface area contributed by atoms with Crippen molar-refractivity contribution in [1.29, 1.82) is 0 Å². The van der Waals surface area contributed by atoms with E-state index in [2.05, 4.69) is 41.3 Å². The third kappa shape index (κ3) is 4.05. The second kappa shape index (κ2) is 5.93. The Bertz CT molecular complexity index is 589. The molecular formula is C14H19FN4S. The van der Waals surface area contributed by atoms with Crippen LogP contribution in [0.2, 0.25) is 0 Å². The lowest BCUT2D eigenvalue weighted by atomic mass is 10.1. The highest BCUT2D eigenvalue weighted by atomic mass is 32.2. The smallest absolute Gasteiger partial charge is 0.213 e. The number of hydrogen-bond donors (Lipinski definition) is 2. The average molecular weight is 294 g/mol. The molecule has 1 aromatic heterocycles. The van der Waals surface area contributed by atoms with E-state index in [9.17, 15) is 4.39 Å². The summed E-state index contributed by atoms with van der Waals surface area (Å²) in [6.07, 6.45) is 0. The molecule has 0 aliphatic rings. The fraction of sp³-hybridized carbons (Fsp3) is 0.429. The van der Waals surface area contributed by atoms with Crippen molar-refractivity contribution < 1.29 is 4.39 Å². The first-order valence-electron chi connectivity index (χ1n) is 6.44. The van der Waals surface area contributed by atoms with Crippen LogP contribution in [0.15, 0.2) is 28.3 Å². The molecule has 1 aromatic carbocycles. The molecule has 0 aliphatic carbocycles. The van der Waals surface area contributed by atoms with Crippen LogP contribution in [0.25, 0.3) is 0 Å². The first-order valence-corrected chi connectivity index (χ1v) is 7.26. The van der Waals surface area contributed by atoms with E-state index in [1.165, 1.54) is 17.8 Å². The zero-order valence-electron chi connectivity index (χ0n) is 12.1. The number of hydrogen-bond acceptors (Lipinski definition) is 4. The fourth-order valence-electron chi connectivity index (χ4n) is 1.63. The Labute approximate surface area is 122 Å². The summed E-state index contributed by atoms with van der Waals surface area (Å²) < 4.78 is 14.0. The molecule has 0 aliphatic heterocycles. The standard InChI is InChI=1S/C14H19FN4S/c1-9-17-13(19-18-9)20-12-10(6-5-7-11(12)15)8-16-14(2,3)4/h5-7,16H,8H2,1-4H3,(H,17,18,19). The number of benzene rings is 1. The molecule has 20 heavy (non-hydrogen) atoms. The monoisotopic (exact) mass is 294 g/mol. The van der Waals surface area contributed by atoms with E-state index in [0.29, 0.717) is 16.6 Å². The van der Waals surface area contributed by atoms with Crippen LogP contribution in [0.3, 0.4) is 0 Å². The number of aromatic amines is 1. The summed E-state index contributed by atoms with van der Waals surface area (Å²) in [5.41, 5.74) is 0.891. The molecule has 4 nitrogen and oxygen atoms in total. The van der Waals surface area contributed by atoms with Gasteiger partial charge in [-0.25, -0.2) is 9.37 Å². The van der Waals surface area contributed by atoms with Gasteiger partial charge in [-0.3, -0.25) is 5.10 Å². The lowest BCUT2D eigenvalue weighted by molar-refractivity contribution is 0.421. The minimum absolute atomic E-state index is 0.0184. The van der Waals surface area contributed by atoms with Crippen molar-refractivity contribution in [3.05, 3.63) is 35.4 Å². The third-order valence-corrected chi connectivity index (χ3v) is 3.65. The zero-order chi connectivity index (χ0) is 14.8. The first-order chi connectivity index (χ1) is 9.35. The molecule has 0 radical (unpaired) electrons. The maximum atomic E-state index is 14.0. The van der Waals surface area contributed by atoms with Crippen molar-refractivity contribution >= 4 is 11.8 Å². The van der Waals surface area contributed by atoms with Crippen molar-refractivity contribution in [3.63, 3.8) is 0 Å². The Morgan fingerprint density at radius 1 is 1.35 bits per heavy atom. The molecule has 0 saturated heterocycles. The van der Waals surface area contributed by atoms with Crippen LogP contribution in [-0.2, 0) is 6.54 Å². The molecule has 0 spiro atoms. The predicted molar refractivity (Wildman–Crippen MR) is 78.2 cm³/mol. The number of H-pyrrole nitrogens is 1. The van der Waals surface area contributed by atoms with Gasteiger partial charge < -0.3 is 5.32 Å². The van der Waals surface area contributed by atoms with Crippen LogP contribution in [0, 0.1) is 12.7 Å². The minimum atomic E-state index is -0.245. The number of aromatic nitrogens is 3. The van der Waals surface area contributed by atoms with Gasteiger partial charge in [-0.05, 0) is 51.1 Å². The largest absolute Gasteiger partial charge is 0.308 e. The molecule has 2 rings (SSSR count). The molecule has 0 atom stereocenters. The summed E-state index contributed by atoms with van der Waals surface area (Å²) in [5, 5.41) is 10.7. The van der Waals surface area contributed by atoms with Crippen molar-refractivity contribution in [1.82, 2.24) is 20.5 Å². The Balaban J connectivity index is 2.22. The number of nitrogens with zero attached hydrogens (tertiary/aromatic N) is 2. The van der Waals surface area contributed by atoms with Gasteiger partial charge in [0.2, 0.25) is 5.16 Å². The van der Waals surface area contributed by atoms with Gasteiger partial charge in [0.1, 0.15) is 11.6 Å². The Morgan fingerprint density at radius 3 is 2.70 bits per heavy atom. The second-order valence-corrected chi connectivity index (χ2v) is 6.61. The van der Waals surface area contributed by atoms with Gasteiger partial charge in [0, 0.05) is 12.1 Å². The highest BCUT2D eigenvalue weighted by Gasteiger charge is 2.15. The van der Waals surface area contributed by atoms with Crippen LogP contribution in [0.4, 0.5) is 4.39 Å². The lowest BCUT2D eigenvalue weighted by Crippen LogP contribution is -2.35. The molecule has 0 unspecified atom stereocenters. The molecule has 6 heteroatoms. The summed E-state index contributed by atoms with van der Waals surface area (Å²) in [7, 11) is 0. The molecule has 2 aromatic rings. The number of aryl methyl sites for hydroxylation is 1. The molecule has 1 heterocycles. The molecule has 0 bridgehead atoms. The van der Waals surface area contributed by atoms with Crippen molar-refractivity contribution in [2.75, 3.05) is 0 Å². The predicted octanol–water partition coefficient (Wildman–Crippen LogP) is 3.29. The number of nitrogens with one attached hydrogen (secondary N) is 2. The summed E-state index contributed by atoms with van der Waals surface area (Å²) in [5.74, 6) is 0.476. The molecule has 0 saturated carbocycles. The quantitative estimate of drug-likeness (QED) is 0.908. The molecule has 0 fully saturated rings. The van der Waals surface area contributed by atoms with E-state index in [-0.39, 0.29) is 11.4 Å². The van der Waals surface area contributed by atoms with Crippen LogP contribution in [-0.4, -0.2) is 20.7 Å². The highest BCUT2D eigenvalue weighted by Crippen LogP contribution is 2.30. The van der Waals surface area contributed by atoms with E-state index in [0.717, 1.165) is 11.4 Å². The minimum Gasteiger partial charge on any atom is -0.308 e. The zero-order valence-corrected chi connectivity index (χ0v) is 12.9. The molecular weight excluding hydrogens is 275 g/mol. The van der Waals surface area contributed by atoms with E-state index in [4.69, 9.17) is 0 Å². The maximum absolute atomic E-state index is 14.0.